The maximum absolute atomic E-state index is 13.3. The molecule has 0 saturated heterocycles. The molecule has 4 saturated carbocycles. The van der Waals surface area contributed by atoms with Crippen LogP contribution in [0, 0.1) is 36.0 Å². The van der Waals surface area contributed by atoms with Gasteiger partial charge in [-0.15, -0.1) is 0 Å². The molecule has 5 rings (SSSR count). The third-order valence-corrected chi connectivity index (χ3v) is 6.87. The Labute approximate surface area is 160 Å². The first-order valence-electron chi connectivity index (χ1n) is 10.4. The summed E-state index contributed by atoms with van der Waals surface area (Å²) in [5.41, 5.74) is 0.555. The first kappa shape index (κ1) is 18.5. The largest absolute Gasteiger partial charge is 0.359 e. The van der Waals surface area contributed by atoms with Crippen molar-refractivity contribution in [2.24, 2.45) is 29.1 Å². The number of nitrogens with one attached hydrogen (secondary N) is 2. The Bertz CT molecular complexity index is 689. The highest BCUT2D eigenvalue weighted by Crippen LogP contribution is 2.60. The van der Waals surface area contributed by atoms with Gasteiger partial charge >= 0.3 is 0 Å². The molecule has 0 radical (unpaired) electrons. The first-order chi connectivity index (χ1) is 12.8. The van der Waals surface area contributed by atoms with Gasteiger partial charge in [-0.1, -0.05) is 19.0 Å². The van der Waals surface area contributed by atoms with E-state index < -0.39 is 6.04 Å². The summed E-state index contributed by atoms with van der Waals surface area (Å²) in [6.45, 7) is 6.08. The van der Waals surface area contributed by atoms with Crippen LogP contribution in [-0.2, 0) is 16.1 Å². The summed E-state index contributed by atoms with van der Waals surface area (Å²) in [6.07, 6.45) is 6.93. The number of aromatic nitrogens is 1. The van der Waals surface area contributed by atoms with E-state index in [0.717, 1.165) is 25.0 Å². The average Bonchev–Trinajstić information content (AvgIpc) is 3.01. The van der Waals surface area contributed by atoms with E-state index in [4.69, 9.17) is 4.52 Å². The van der Waals surface area contributed by atoms with Crippen molar-refractivity contribution in [2.45, 2.75) is 71.9 Å². The number of nitrogens with zero attached hydrogens (tertiary/aromatic N) is 1. The van der Waals surface area contributed by atoms with E-state index in [1.165, 1.54) is 19.3 Å². The highest BCUT2D eigenvalue weighted by atomic mass is 16.5. The van der Waals surface area contributed by atoms with Crippen molar-refractivity contribution in [3.05, 3.63) is 17.5 Å². The van der Waals surface area contributed by atoms with Gasteiger partial charge in [0.15, 0.2) is 5.76 Å². The van der Waals surface area contributed by atoms with E-state index in [-0.39, 0.29) is 29.7 Å². The minimum Gasteiger partial charge on any atom is -0.359 e. The monoisotopic (exact) mass is 373 g/mol. The minimum absolute atomic E-state index is 0.0272. The molecule has 2 amide bonds. The van der Waals surface area contributed by atoms with Gasteiger partial charge in [-0.2, -0.15) is 0 Å². The average molecular weight is 373 g/mol. The van der Waals surface area contributed by atoms with Crippen molar-refractivity contribution in [3.63, 3.8) is 0 Å². The Hall–Kier alpha value is -1.85. The topological polar surface area (TPSA) is 84.2 Å². The molecule has 1 atom stereocenters. The van der Waals surface area contributed by atoms with E-state index in [2.05, 4.69) is 15.8 Å². The summed E-state index contributed by atoms with van der Waals surface area (Å²) >= 11 is 0. The summed E-state index contributed by atoms with van der Waals surface area (Å²) in [4.78, 5) is 26.0. The number of amides is 2. The predicted molar refractivity (Wildman–Crippen MR) is 100 cm³/mol. The highest BCUT2D eigenvalue weighted by molar-refractivity contribution is 5.90. The predicted octanol–water partition coefficient (Wildman–Crippen LogP) is 2.96. The molecule has 1 aromatic rings. The molecule has 4 aliphatic carbocycles. The van der Waals surface area contributed by atoms with Crippen molar-refractivity contribution in [1.29, 1.82) is 0 Å². The van der Waals surface area contributed by atoms with E-state index in [1.807, 2.05) is 20.8 Å². The summed E-state index contributed by atoms with van der Waals surface area (Å²) in [5.74, 6) is 2.73. The number of hydrogen-bond acceptors (Lipinski definition) is 4. The SMILES string of the molecule is Cc1cc(CNC(=O)[C@@H](NC(=O)C23CC4CC(CC(C4)C2)C3)C(C)C)on1. The molecular weight excluding hydrogens is 342 g/mol. The van der Waals surface area contributed by atoms with Crippen molar-refractivity contribution in [3.8, 4) is 0 Å². The van der Waals surface area contributed by atoms with Crippen LogP contribution in [0.2, 0.25) is 0 Å². The van der Waals surface area contributed by atoms with Gasteiger partial charge in [0.25, 0.3) is 0 Å². The van der Waals surface area contributed by atoms with Crippen LogP contribution in [0.4, 0.5) is 0 Å². The van der Waals surface area contributed by atoms with Crippen LogP contribution in [0.1, 0.15) is 63.8 Å². The quantitative estimate of drug-likeness (QED) is 0.803. The second-order valence-electron chi connectivity index (χ2n) is 9.55. The van der Waals surface area contributed by atoms with E-state index in [9.17, 15) is 9.59 Å². The molecule has 4 aliphatic rings. The Morgan fingerprint density at radius 3 is 2.26 bits per heavy atom. The molecule has 148 valence electrons. The molecule has 4 fully saturated rings. The van der Waals surface area contributed by atoms with Crippen molar-refractivity contribution >= 4 is 11.8 Å². The Morgan fingerprint density at radius 1 is 1.19 bits per heavy atom. The zero-order valence-electron chi connectivity index (χ0n) is 16.6. The van der Waals surface area contributed by atoms with Crippen molar-refractivity contribution < 1.29 is 14.1 Å². The lowest BCUT2D eigenvalue weighted by Gasteiger charge is -2.55. The van der Waals surface area contributed by atoms with Crippen molar-refractivity contribution in [1.82, 2.24) is 15.8 Å². The number of aryl methyl sites for hydroxylation is 1. The van der Waals surface area contributed by atoms with E-state index in [0.29, 0.717) is 23.5 Å². The minimum atomic E-state index is -0.519. The van der Waals surface area contributed by atoms with Crippen LogP contribution in [0.15, 0.2) is 10.6 Å². The number of rotatable bonds is 6. The fourth-order valence-corrected chi connectivity index (χ4v) is 6.00. The lowest BCUT2D eigenvalue weighted by Crippen LogP contribution is -2.58. The van der Waals surface area contributed by atoms with Gasteiger partial charge in [0.2, 0.25) is 11.8 Å². The third kappa shape index (κ3) is 3.63. The van der Waals surface area contributed by atoms with Gasteiger partial charge in [-0.25, -0.2) is 0 Å². The summed E-state index contributed by atoms with van der Waals surface area (Å²) < 4.78 is 5.15. The van der Waals surface area contributed by atoms with Crippen LogP contribution in [0.25, 0.3) is 0 Å². The van der Waals surface area contributed by atoms with Crippen molar-refractivity contribution in [2.75, 3.05) is 0 Å². The molecule has 6 heteroatoms. The Kier molecular flexibility index (Phi) is 4.77. The molecule has 0 aromatic carbocycles. The molecule has 2 N–H and O–H groups in total. The summed E-state index contributed by atoms with van der Waals surface area (Å²) in [5, 5.41) is 9.84. The van der Waals surface area contributed by atoms with Crippen LogP contribution in [0.5, 0.6) is 0 Å². The molecule has 0 spiro atoms. The Balaban J connectivity index is 1.40. The van der Waals surface area contributed by atoms with E-state index in [1.54, 1.807) is 6.07 Å². The fraction of sp³-hybridized carbons (Fsp3) is 0.762. The normalized spacial score (nSPS) is 32.5. The Morgan fingerprint density at radius 2 is 1.78 bits per heavy atom. The van der Waals surface area contributed by atoms with Crippen LogP contribution < -0.4 is 10.6 Å². The smallest absolute Gasteiger partial charge is 0.243 e. The van der Waals surface area contributed by atoms with Gasteiger partial charge in [-0.05, 0) is 69.1 Å². The fourth-order valence-electron chi connectivity index (χ4n) is 6.00. The maximum atomic E-state index is 13.3. The second kappa shape index (κ2) is 6.95. The zero-order valence-corrected chi connectivity index (χ0v) is 16.6. The molecule has 1 aromatic heterocycles. The lowest BCUT2D eigenvalue weighted by molar-refractivity contribution is -0.149. The first-order valence-corrected chi connectivity index (χ1v) is 10.4. The molecule has 4 bridgehead atoms. The van der Waals surface area contributed by atoms with Crippen LogP contribution in [0.3, 0.4) is 0 Å². The second-order valence-corrected chi connectivity index (χ2v) is 9.55. The molecular formula is C21H31N3O3. The van der Waals surface area contributed by atoms with Crippen LogP contribution in [-0.4, -0.2) is 23.0 Å². The molecule has 0 unspecified atom stereocenters. The van der Waals surface area contributed by atoms with Gasteiger partial charge in [0.05, 0.1) is 12.2 Å². The van der Waals surface area contributed by atoms with Crippen LogP contribution >= 0.6 is 0 Å². The van der Waals surface area contributed by atoms with Gasteiger partial charge < -0.3 is 15.2 Å². The zero-order chi connectivity index (χ0) is 19.2. The van der Waals surface area contributed by atoms with Gasteiger partial charge in [0.1, 0.15) is 6.04 Å². The van der Waals surface area contributed by atoms with Gasteiger partial charge in [0, 0.05) is 11.5 Å². The molecule has 27 heavy (non-hydrogen) atoms. The number of carbonyl (C=O) groups is 2. The van der Waals surface area contributed by atoms with E-state index >= 15 is 0 Å². The van der Waals surface area contributed by atoms with Gasteiger partial charge in [-0.3, -0.25) is 9.59 Å². The third-order valence-electron chi connectivity index (χ3n) is 6.87. The molecule has 1 heterocycles. The maximum Gasteiger partial charge on any atom is 0.243 e. The highest BCUT2D eigenvalue weighted by Gasteiger charge is 2.55. The lowest BCUT2D eigenvalue weighted by atomic mass is 9.49. The number of carbonyl (C=O) groups excluding carboxylic acids is 2. The summed E-state index contributed by atoms with van der Waals surface area (Å²) in [6, 6.07) is 1.29. The molecule has 0 aliphatic heterocycles. The molecule has 6 nitrogen and oxygen atoms in total. The number of hydrogen-bond donors (Lipinski definition) is 2. The standard InChI is InChI=1S/C21H31N3O3/c1-12(2)18(19(25)22-11-17-4-13(3)24-27-17)23-20(26)21-8-14-5-15(9-21)7-16(6-14)10-21/h4,12,14-16,18H,5-11H2,1-3H3,(H,22,25)(H,23,26)/t14?,15?,16?,18-,21?/m0/s1. The summed E-state index contributed by atoms with van der Waals surface area (Å²) in [7, 11) is 0.